The van der Waals surface area contributed by atoms with Crippen molar-refractivity contribution in [3.63, 3.8) is 0 Å². The molecular weight excluding hydrogens is 402 g/mol. The summed E-state index contributed by atoms with van der Waals surface area (Å²) in [6.45, 7) is 3.49. The summed E-state index contributed by atoms with van der Waals surface area (Å²) < 4.78 is 16.6. The van der Waals surface area contributed by atoms with Gasteiger partial charge in [0, 0.05) is 17.1 Å². The average molecular weight is 421 g/mol. The van der Waals surface area contributed by atoms with Gasteiger partial charge in [0.2, 0.25) is 5.91 Å². The molecule has 0 saturated carbocycles. The van der Waals surface area contributed by atoms with Crippen molar-refractivity contribution in [2.24, 2.45) is 0 Å². The second-order valence-corrected chi connectivity index (χ2v) is 7.40. The van der Waals surface area contributed by atoms with Gasteiger partial charge in [-0.1, -0.05) is 11.8 Å². The van der Waals surface area contributed by atoms with Gasteiger partial charge < -0.3 is 19.5 Å². The lowest BCUT2D eigenvalue weighted by atomic mass is 10.1. The van der Waals surface area contributed by atoms with E-state index in [1.165, 1.54) is 11.8 Å². The van der Waals surface area contributed by atoms with E-state index in [9.17, 15) is 10.1 Å². The number of ether oxygens (including phenoxy) is 3. The molecule has 3 aromatic rings. The van der Waals surface area contributed by atoms with Crippen LogP contribution in [0.2, 0.25) is 0 Å². The van der Waals surface area contributed by atoms with Gasteiger partial charge >= 0.3 is 0 Å². The standard InChI is InChI=1S/C22H19N3O4S/c1-2-27-17-5-3-16(4-6-17)24-21(26)13-30-22-15(12-23)9-14-10-19-20(11-18(14)25-22)29-8-7-28-19/h3-6,9-11H,2,7-8,13H2,1H3,(H,24,26). The fraction of sp³-hybridized carbons (Fsp3) is 0.227. The Morgan fingerprint density at radius 3 is 2.63 bits per heavy atom. The van der Waals surface area contributed by atoms with Crippen molar-refractivity contribution in [1.82, 2.24) is 4.98 Å². The van der Waals surface area contributed by atoms with Gasteiger partial charge in [0.1, 0.15) is 30.1 Å². The molecule has 0 atom stereocenters. The zero-order valence-corrected chi connectivity index (χ0v) is 17.1. The number of amides is 1. The summed E-state index contributed by atoms with van der Waals surface area (Å²) in [6, 6.07) is 14.7. The Kier molecular flexibility index (Phi) is 5.91. The lowest BCUT2D eigenvalue weighted by molar-refractivity contribution is -0.113. The molecule has 2 aromatic carbocycles. The summed E-state index contributed by atoms with van der Waals surface area (Å²) in [5, 5.41) is 13.6. The number of nitrogens with one attached hydrogen (secondary N) is 1. The molecule has 0 saturated heterocycles. The Balaban J connectivity index is 1.47. The maximum atomic E-state index is 12.3. The summed E-state index contributed by atoms with van der Waals surface area (Å²) in [5.74, 6) is 1.98. The normalized spacial score (nSPS) is 12.3. The number of hydrogen-bond acceptors (Lipinski definition) is 7. The molecule has 2 heterocycles. The molecule has 1 N–H and O–H groups in total. The van der Waals surface area contributed by atoms with Crippen molar-refractivity contribution in [1.29, 1.82) is 5.26 Å². The van der Waals surface area contributed by atoms with E-state index in [1.54, 1.807) is 36.4 Å². The SMILES string of the molecule is CCOc1ccc(NC(=O)CSc2nc3cc4c(cc3cc2C#N)OCCO4)cc1. The first kappa shape index (κ1) is 19.9. The maximum absolute atomic E-state index is 12.3. The summed E-state index contributed by atoms with van der Waals surface area (Å²) in [5.41, 5.74) is 1.78. The van der Waals surface area contributed by atoms with Gasteiger partial charge in [0.15, 0.2) is 11.5 Å². The number of hydrogen-bond donors (Lipinski definition) is 1. The minimum absolute atomic E-state index is 0.130. The topological polar surface area (TPSA) is 93.5 Å². The summed E-state index contributed by atoms with van der Waals surface area (Å²) in [6.07, 6.45) is 0. The monoisotopic (exact) mass is 421 g/mol. The quantitative estimate of drug-likeness (QED) is 0.601. The van der Waals surface area contributed by atoms with Crippen LogP contribution in [0.15, 0.2) is 47.5 Å². The van der Waals surface area contributed by atoms with E-state index >= 15 is 0 Å². The number of fused-ring (bicyclic) bond motifs is 2. The van der Waals surface area contributed by atoms with E-state index < -0.39 is 0 Å². The number of rotatable bonds is 6. The van der Waals surface area contributed by atoms with Crippen LogP contribution in [0, 0.1) is 11.3 Å². The average Bonchev–Trinajstić information content (AvgIpc) is 2.77. The molecule has 1 aromatic heterocycles. The number of pyridine rings is 1. The molecule has 1 aliphatic heterocycles. The Bertz CT molecular complexity index is 1130. The van der Waals surface area contributed by atoms with Gasteiger partial charge in [-0.05, 0) is 43.3 Å². The molecule has 1 aliphatic rings. The second kappa shape index (κ2) is 8.93. The van der Waals surface area contributed by atoms with Gasteiger partial charge in [-0.2, -0.15) is 5.26 Å². The van der Waals surface area contributed by atoms with Gasteiger partial charge in [0.25, 0.3) is 0 Å². The molecule has 1 amide bonds. The molecule has 0 unspecified atom stereocenters. The van der Waals surface area contributed by atoms with Crippen LogP contribution < -0.4 is 19.5 Å². The number of carbonyl (C=O) groups is 1. The number of aromatic nitrogens is 1. The number of thioether (sulfide) groups is 1. The third-order valence-electron chi connectivity index (χ3n) is 4.35. The highest BCUT2D eigenvalue weighted by Gasteiger charge is 2.16. The highest BCUT2D eigenvalue weighted by atomic mass is 32.2. The molecule has 152 valence electrons. The van der Waals surface area contributed by atoms with Crippen LogP contribution in [0.5, 0.6) is 17.2 Å². The van der Waals surface area contributed by atoms with Crippen LogP contribution >= 0.6 is 11.8 Å². The lowest BCUT2D eigenvalue weighted by Gasteiger charge is -2.18. The van der Waals surface area contributed by atoms with Crippen molar-refractivity contribution in [3.05, 3.63) is 48.0 Å². The fourth-order valence-electron chi connectivity index (χ4n) is 3.02. The molecule has 30 heavy (non-hydrogen) atoms. The first-order valence-corrected chi connectivity index (χ1v) is 10.4. The van der Waals surface area contributed by atoms with Crippen molar-refractivity contribution in [2.75, 3.05) is 30.9 Å². The van der Waals surface area contributed by atoms with E-state index in [4.69, 9.17) is 14.2 Å². The van der Waals surface area contributed by atoms with Crippen LogP contribution in [0.25, 0.3) is 10.9 Å². The molecule has 0 bridgehead atoms. The highest BCUT2D eigenvalue weighted by Crippen LogP contribution is 2.35. The van der Waals surface area contributed by atoms with Crippen LogP contribution in [0.4, 0.5) is 5.69 Å². The Hall–Kier alpha value is -3.44. The minimum atomic E-state index is -0.183. The highest BCUT2D eigenvalue weighted by molar-refractivity contribution is 8.00. The van der Waals surface area contributed by atoms with Crippen LogP contribution in [0.1, 0.15) is 12.5 Å². The number of nitriles is 1. The number of carbonyl (C=O) groups excluding carboxylic acids is 1. The number of nitrogens with zero attached hydrogens (tertiary/aromatic N) is 2. The van der Waals surface area contributed by atoms with Crippen LogP contribution in [-0.4, -0.2) is 36.5 Å². The van der Waals surface area contributed by atoms with Crippen molar-refractivity contribution in [2.45, 2.75) is 11.9 Å². The Morgan fingerprint density at radius 1 is 1.20 bits per heavy atom. The zero-order valence-electron chi connectivity index (χ0n) is 16.3. The maximum Gasteiger partial charge on any atom is 0.234 e. The largest absolute Gasteiger partial charge is 0.494 e. The van der Waals surface area contributed by atoms with Gasteiger partial charge in [-0.25, -0.2) is 4.98 Å². The van der Waals surface area contributed by atoms with E-state index in [-0.39, 0.29) is 11.7 Å². The Labute approximate surface area is 178 Å². The number of anilines is 1. The summed E-state index contributed by atoms with van der Waals surface area (Å²) in [7, 11) is 0. The Morgan fingerprint density at radius 2 is 1.93 bits per heavy atom. The molecule has 7 nitrogen and oxygen atoms in total. The molecule has 0 fully saturated rings. The summed E-state index contributed by atoms with van der Waals surface area (Å²) in [4.78, 5) is 16.9. The van der Waals surface area contributed by atoms with Crippen LogP contribution in [0.3, 0.4) is 0 Å². The minimum Gasteiger partial charge on any atom is -0.494 e. The molecule has 8 heteroatoms. The third kappa shape index (κ3) is 4.42. The second-order valence-electron chi connectivity index (χ2n) is 6.44. The first-order valence-electron chi connectivity index (χ1n) is 9.46. The van der Waals surface area contributed by atoms with E-state index in [2.05, 4.69) is 16.4 Å². The van der Waals surface area contributed by atoms with Crippen molar-refractivity contribution >= 4 is 34.3 Å². The van der Waals surface area contributed by atoms with E-state index in [1.807, 2.05) is 13.0 Å². The predicted molar refractivity (Wildman–Crippen MR) is 114 cm³/mol. The van der Waals surface area contributed by atoms with Gasteiger partial charge in [-0.3, -0.25) is 4.79 Å². The van der Waals surface area contributed by atoms with E-state index in [0.29, 0.717) is 53.1 Å². The molecule has 4 rings (SSSR count). The zero-order chi connectivity index (χ0) is 20.9. The lowest BCUT2D eigenvalue weighted by Crippen LogP contribution is -2.15. The third-order valence-corrected chi connectivity index (χ3v) is 5.34. The smallest absolute Gasteiger partial charge is 0.234 e. The van der Waals surface area contributed by atoms with Gasteiger partial charge in [0.05, 0.1) is 23.4 Å². The van der Waals surface area contributed by atoms with Crippen molar-refractivity contribution < 1.29 is 19.0 Å². The van der Waals surface area contributed by atoms with Crippen LogP contribution in [-0.2, 0) is 4.79 Å². The summed E-state index contributed by atoms with van der Waals surface area (Å²) >= 11 is 1.22. The fourth-order valence-corrected chi connectivity index (χ4v) is 3.78. The molecular formula is C22H19N3O4S. The molecule has 0 radical (unpaired) electrons. The number of benzene rings is 2. The van der Waals surface area contributed by atoms with E-state index in [0.717, 1.165) is 11.1 Å². The predicted octanol–water partition coefficient (Wildman–Crippen LogP) is 4.01. The van der Waals surface area contributed by atoms with Gasteiger partial charge in [-0.15, -0.1) is 0 Å². The molecule has 0 spiro atoms. The molecule has 0 aliphatic carbocycles. The van der Waals surface area contributed by atoms with Crippen molar-refractivity contribution in [3.8, 4) is 23.3 Å². The first-order chi connectivity index (χ1) is 14.7.